The number of rotatable bonds is 3. The van der Waals surface area contributed by atoms with Crippen molar-refractivity contribution in [3.8, 4) is 5.75 Å². The highest BCUT2D eigenvalue weighted by molar-refractivity contribution is 5.76. The molecule has 126 valence electrons. The Bertz CT molecular complexity index is 589. The van der Waals surface area contributed by atoms with Crippen molar-refractivity contribution >= 4 is 5.97 Å². The summed E-state index contributed by atoms with van der Waals surface area (Å²) < 4.78 is 60.6. The van der Waals surface area contributed by atoms with Gasteiger partial charge < -0.3 is 9.47 Å². The molecule has 1 aromatic carbocycles. The lowest BCUT2D eigenvalue weighted by Crippen LogP contribution is -2.56. The molecule has 2 aliphatic heterocycles. The summed E-state index contributed by atoms with van der Waals surface area (Å²) in [6, 6.07) is 5.31. The fraction of sp³-hybridized carbons (Fsp3) is 0.533. The van der Waals surface area contributed by atoms with Gasteiger partial charge in [0.25, 0.3) is 0 Å². The Morgan fingerprint density at radius 1 is 1.26 bits per heavy atom. The molecule has 2 saturated heterocycles. The predicted molar refractivity (Wildman–Crippen MR) is 71.1 cm³/mol. The molecule has 0 aliphatic carbocycles. The molecule has 2 aliphatic rings. The summed E-state index contributed by atoms with van der Waals surface area (Å²) in [5.74, 6) is -2.18. The number of halogens is 4. The number of piperidine rings is 1. The van der Waals surface area contributed by atoms with Crippen LogP contribution in [0.2, 0.25) is 0 Å². The van der Waals surface area contributed by atoms with Crippen LogP contribution in [0, 0.1) is 5.82 Å². The molecule has 2 fully saturated rings. The normalized spacial score (nSPS) is 30.1. The number of ether oxygens (including phenoxy) is 2. The summed E-state index contributed by atoms with van der Waals surface area (Å²) in [5.41, 5.74) is -1.35. The van der Waals surface area contributed by atoms with Gasteiger partial charge in [-0.1, -0.05) is 0 Å². The molecule has 1 N–H and O–H groups in total. The lowest BCUT2D eigenvalue weighted by atomic mass is 9.99. The summed E-state index contributed by atoms with van der Waals surface area (Å²) in [4.78, 5) is 11.1. The van der Waals surface area contributed by atoms with Gasteiger partial charge in [-0.2, -0.15) is 13.2 Å². The minimum absolute atomic E-state index is 0.0739. The van der Waals surface area contributed by atoms with Crippen molar-refractivity contribution < 1.29 is 31.8 Å². The van der Waals surface area contributed by atoms with Gasteiger partial charge in [0.15, 0.2) is 5.72 Å². The van der Waals surface area contributed by atoms with Crippen molar-refractivity contribution in [2.75, 3.05) is 0 Å². The van der Waals surface area contributed by atoms with Gasteiger partial charge in [-0.3, -0.25) is 5.32 Å². The molecule has 0 spiro atoms. The van der Waals surface area contributed by atoms with Crippen molar-refractivity contribution in [2.24, 2.45) is 0 Å². The quantitative estimate of drug-likeness (QED) is 0.682. The van der Waals surface area contributed by atoms with Crippen LogP contribution >= 0.6 is 0 Å². The summed E-state index contributed by atoms with van der Waals surface area (Å²) >= 11 is 0. The molecular weight excluding hydrogens is 318 g/mol. The van der Waals surface area contributed by atoms with Crippen molar-refractivity contribution in [1.29, 1.82) is 0 Å². The third-order valence-electron chi connectivity index (χ3n) is 4.10. The molecule has 2 bridgehead atoms. The number of alkyl halides is 3. The third-order valence-corrected chi connectivity index (χ3v) is 4.10. The standard InChI is InChI=1S/C15H15F4NO3/c16-9-1-3-11(4-2-9)22-12-7-10-5-6-14(8-12,20-10)23-13(21)15(17,18)19/h1-4,10,12,20H,5-8H2. The summed E-state index contributed by atoms with van der Waals surface area (Å²) in [6.45, 7) is 0. The van der Waals surface area contributed by atoms with Crippen LogP contribution in [-0.2, 0) is 9.53 Å². The molecular formula is C15H15F4NO3. The molecule has 2 heterocycles. The maximum Gasteiger partial charge on any atom is 0.490 e. The second-order valence-corrected chi connectivity index (χ2v) is 5.90. The number of esters is 1. The van der Waals surface area contributed by atoms with Crippen molar-refractivity contribution in [3.05, 3.63) is 30.1 Å². The average Bonchev–Trinajstić information content (AvgIpc) is 2.75. The molecule has 0 amide bonds. The first-order valence-corrected chi connectivity index (χ1v) is 7.26. The largest absolute Gasteiger partial charge is 0.490 e. The van der Waals surface area contributed by atoms with Gasteiger partial charge in [0.1, 0.15) is 17.7 Å². The number of hydrogen-bond acceptors (Lipinski definition) is 4. The molecule has 3 rings (SSSR count). The molecule has 4 nitrogen and oxygen atoms in total. The predicted octanol–water partition coefficient (Wildman–Crippen LogP) is 2.92. The van der Waals surface area contributed by atoms with E-state index in [1.807, 2.05) is 0 Å². The molecule has 0 radical (unpaired) electrons. The topological polar surface area (TPSA) is 47.6 Å². The maximum atomic E-state index is 12.9. The van der Waals surface area contributed by atoms with Crippen LogP contribution in [0.25, 0.3) is 0 Å². The van der Waals surface area contributed by atoms with Gasteiger partial charge in [0.05, 0.1) is 0 Å². The third kappa shape index (κ3) is 3.57. The van der Waals surface area contributed by atoms with Crippen LogP contribution < -0.4 is 10.1 Å². The minimum Gasteiger partial charge on any atom is -0.490 e. The molecule has 23 heavy (non-hydrogen) atoms. The lowest BCUT2D eigenvalue weighted by Gasteiger charge is -2.38. The fourth-order valence-corrected chi connectivity index (χ4v) is 3.18. The van der Waals surface area contributed by atoms with E-state index in [0.29, 0.717) is 25.0 Å². The molecule has 8 heteroatoms. The average molecular weight is 333 g/mol. The van der Waals surface area contributed by atoms with Crippen LogP contribution in [0.15, 0.2) is 24.3 Å². The zero-order valence-corrected chi connectivity index (χ0v) is 12.0. The Hall–Kier alpha value is -1.83. The lowest BCUT2D eigenvalue weighted by molar-refractivity contribution is -0.219. The first-order chi connectivity index (χ1) is 10.8. The minimum atomic E-state index is -5.03. The van der Waals surface area contributed by atoms with Gasteiger partial charge >= 0.3 is 12.1 Å². The van der Waals surface area contributed by atoms with E-state index in [2.05, 4.69) is 5.32 Å². The molecule has 0 saturated carbocycles. The van der Waals surface area contributed by atoms with Gasteiger partial charge in [-0.25, -0.2) is 9.18 Å². The van der Waals surface area contributed by atoms with E-state index in [1.165, 1.54) is 24.3 Å². The van der Waals surface area contributed by atoms with E-state index in [9.17, 15) is 22.4 Å². The first-order valence-electron chi connectivity index (χ1n) is 7.26. The molecule has 0 aromatic heterocycles. The van der Waals surface area contributed by atoms with E-state index < -0.39 is 29.8 Å². The zero-order valence-electron chi connectivity index (χ0n) is 12.0. The number of carbonyl (C=O) groups excluding carboxylic acids is 1. The van der Waals surface area contributed by atoms with Crippen LogP contribution in [0.5, 0.6) is 5.75 Å². The van der Waals surface area contributed by atoms with E-state index in [4.69, 9.17) is 9.47 Å². The van der Waals surface area contributed by atoms with E-state index in [-0.39, 0.29) is 12.5 Å². The monoisotopic (exact) mass is 333 g/mol. The summed E-state index contributed by atoms with van der Waals surface area (Å²) in [5, 5.41) is 2.95. The Balaban J connectivity index is 1.69. The van der Waals surface area contributed by atoms with Crippen molar-refractivity contribution in [3.63, 3.8) is 0 Å². The van der Waals surface area contributed by atoms with Gasteiger partial charge in [0, 0.05) is 18.9 Å². The highest BCUT2D eigenvalue weighted by Gasteiger charge is 2.53. The number of fused-ring (bicyclic) bond motifs is 2. The van der Waals surface area contributed by atoms with Gasteiger partial charge in [-0.05, 0) is 37.1 Å². The second-order valence-electron chi connectivity index (χ2n) is 5.90. The van der Waals surface area contributed by atoms with E-state index in [0.717, 1.165) is 0 Å². The first kappa shape index (κ1) is 16.0. The van der Waals surface area contributed by atoms with Crippen LogP contribution in [-0.4, -0.2) is 30.0 Å². The zero-order chi connectivity index (χ0) is 16.7. The smallest absolute Gasteiger partial charge is 0.490 e. The summed E-state index contributed by atoms with van der Waals surface area (Å²) in [6.07, 6.45) is -3.82. The van der Waals surface area contributed by atoms with E-state index >= 15 is 0 Å². The Morgan fingerprint density at radius 2 is 1.96 bits per heavy atom. The van der Waals surface area contributed by atoms with Crippen LogP contribution in [0.4, 0.5) is 17.6 Å². The number of hydrogen-bond donors (Lipinski definition) is 1. The number of carbonyl (C=O) groups is 1. The fourth-order valence-electron chi connectivity index (χ4n) is 3.18. The van der Waals surface area contributed by atoms with Crippen LogP contribution in [0.3, 0.4) is 0 Å². The SMILES string of the molecule is O=C(OC12CCC(CC(Oc3ccc(F)cc3)C1)N2)C(F)(F)F. The highest BCUT2D eigenvalue weighted by atomic mass is 19.4. The van der Waals surface area contributed by atoms with Gasteiger partial charge in [0.2, 0.25) is 0 Å². The van der Waals surface area contributed by atoms with E-state index in [1.54, 1.807) is 0 Å². The molecule has 3 atom stereocenters. The Morgan fingerprint density at radius 3 is 2.61 bits per heavy atom. The van der Waals surface area contributed by atoms with Gasteiger partial charge in [-0.15, -0.1) is 0 Å². The molecule has 3 unspecified atom stereocenters. The summed E-state index contributed by atoms with van der Waals surface area (Å²) in [7, 11) is 0. The van der Waals surface area contributed by atoms with Crippen LogP contribution in [0.1, 0.15) is 25.7 Å². The Kier molecular flexibility index (Phi) is 3.95. The Labute approximate surface area is 129 Å². The van der Waals surface area contributed by atoms with Crippen molar-refractivity contribution in [1.82, 2.24) is 5.32 Å². The number of benzene rings is 1. The maximum absolute atomic E-state index is 12.9. The number of nitrogens with one attached hydrogen (secondary N) is 1. The van der Waals surface area contributed by atoms with Crippen molar-refractivity contribution in [2.45, 2.75) is 49.7 Å². The highest BCUT2D eigenvalue weighted by Crippen LogP contribution is 2.39. The molecule has 1 aromatic rings. The second kappa shape index (κ2) is 5.67.